The van der Waals surface area contributed by atoms with E-state index < -0.39 is 8.56 Å². The van der Waals surface area contributed by atoms with Crippen LogP contribution in [-0.2, 0) is 8.85 Å². The summed E-state index contributed by atoms with van der Waals surface area (Å²) < 4.78 is 14.2. The lowest BCUT2D eigenvalue weighted by Gasteiger charge is -2.76. The van der Waals surface area contributed by atoms with Gasteiger partial charge in [-0.15, -0.1) is 0 Å². The van der Waals surface area contributed by atoms with Crippen LogP contribution >= 0.6 is 0 Å². The average Bonchev–Trinajstić information content (AvgIpc) is 2.32. The smallest absolute Gasteiger partial charge is 0.342 e. The molecule has 3 saturated heterocycles. The molecule has 0 N–H and O–H groups in total. The van der Waals surface area contributed by atoms with Gasteiger partial charge in [0.15, 0.2) is 0 Å². The van der Waals surface area contributed by atoms with E-state index in [2.05, 4.69) is 108 Å². The third-order valence-electron chi connectivity index (χ3n) is 9.75. The summed E-state index contributed by atoms with van der Waals surface area (Å²) in [7, 11) is -2.61. The van der Waals surface area contributed by atoms with E-state index in [1.165, 1.54) is 0 Å². The van der Waals surface area contributed by atoms with E-state index in [4.69, 9.17) is 8.85 Å². The first-order chi connectivity index (χ1) is 11.0. The Kier molecular flexibility index (Phi) is 4.45. The Balaban J connectivity index is 3.06. The number of nitrogens with zero attached hydrogens (tertiary/aromatic N) is 1. The molecule has 0 aromatic rings. The van der Waals surface area contributed by atoms with Gasteiger partial charge >= 0.3 is 8.56 Å². The Labute approximate surface area is 164 Å². The maximum Gasteiger partial charge on any atom is 0.342 e. The molecule has 0 radical (unpaired) electrons. The normalized spacial score (nSPS) is 41.0. The molecule has 0 unspecified atom stereocenters. The van der Waals surface area contributed by atoms with Crippen LogP contribution in [0.1, 0.15) is 96.9 Å². The molecular weight excluding hydrogens is 338 g/mol. The summed E-state index contributed by atoms with van der Waals surface area (Å²) >= 11 is 0. The van der Waals surface area contributed by atoms with Crippen LogP contribution < -0.4 is 0 Å². The van der Waals surface area contributed by atoms with E-state index in [1.807, 2.05) is 0 Å². The van der Waals surface area contributed by atoms with Gasteiger partial charge < -0.3 is 8.85 Å². The van der Waals surface area contributed by atoms with Gasteiger partial charge in [0.25, 0.3) is 0 Å². The highest BCUT2D eigenvalue weighted by Gasteiger charge is 2.74. The van der Waals surface area contributed by atoms with Crippen molar-refractivity contribution in [3.8, 4) is 0 Å². The minimum absolute atomic E-state index is 0.0114. The molecule has 0 aromatic heterocycles. The lowest BCUT2D eigenvalue weighted by atomic mass is 9.61. The lowest BCUT2D eigenvalue weighted by molar-refractivity contribution is -0.260. The zero-order valence-corrected chi connectivity index (χ0v) is 21.3. The summed E-state index contributed by atoms with van der Waals surface area (Å²) in [6.07, 6.45) is 0. The third kappa shape index (κ3) is 2.28. The maximum absolute atomic E-state index is 7.10. The molecule has 26 heavy (non-hydrogen) atoms. The van der Waals surface area contributed by atoms with E-state index >= 15 is 0 Å². The quantitative estimate of drug-likeness (QED) is 0.470. The molecule has 2 bridgehead atoms. The Hall–Kier alpha value is 0.0969. The molecule has 154 valence electrons. The van der Waals surface area contributed by atoms with E-state index in [-0.39, 0.29) is 38.3 Å². The predicted molar refractivity (Wildman–Crippen MR) is 114 cm³/mol. The number of hydrogen-bond acceptors (Lipinski definition) is 3. The van der Waals surface area contributed by atoms with E-state index in [9.17, 15) is 0 Å². The van der Waals surface area contributed by atoms with Crippen molar-refractivity contribution in [3.05, 3.63) is 0 Å². The first-order valence-electron chi connectivity index (χ1n) is 10.2. The van der Waals surface area contributed by atoms with Gasteiger partial charge in [-0.25, -0.2) is 0 Å². The van der Waals surface area contributed by atoms with Crippen LogP contribution in [0.3, 0.4) is 0 Å². The van der Waals surface area contributed by atoms with Crippen molar-refractivity contribution in [2.75, 3.05) is 0 Å². The molecule has 0 atom stereocenters. The molecule has 3 rings (SSSR count). The van der Waals surface area contributed by atoms with E-state index in [0.717, 1.165) is 0 Å². The van der Waals surface area contributed by atoms with Crippen LogP contribution in [0.2, 0.25) is 11.6 Å². The number of rotatable bonds is 0. The molecule has 3 nitrogen and oxygen atoms in total. The zero-order chi connectivity index (χ0) is 21.0. The molecule has 3 aliphatic rings. The van der Waals surface area contributed by atoms with Gasteiger partial charge in [-0.1, -0.05) is 27.7 Å². The maximum atomic E-state index is 7.10. The van der Waals surface area contributed by atoms with Crippen LogP contribution in [0.5, 0.6) is 0 Å². The molecule has 0 aliphatic carbocycles. The van der Waals surface area contributed by atoms with Crippen LogP contribution in [0.4, 0.5) is 0 Å². The fourth-order valence-corrected chi connectivity index (χ4v) is 10.2. The highest BCUT2D eigenvalue weighted by molar-refractivity contribution is 6.69. The summed E-state index contributed by atoms with van der Waals surface area (Å²) in [4.78, 5) is 2.72. The molecular formula is C22H45NO2Si. The molecule has 0 saturated carbocycles. The van der Waals surface area contributed by atoms with Gasteiger partial charge in [0.05, 0.1) is 11.2 Å². The van der Waals surface area contributed by atoms with Gasteiger partial charge in [-0.3, -0.25) is 4.90 Å². The van der Waals surface area contributed by atoms with Crippen molar-refractivity contribution < 1.29 is 8.85 Å². The molecule has 0 aromatic carbocycles. The van der Waals surface area contributed by atoms with Gasteiger partial charge in [0.2, 0.25) is 0 Å². The van der Waals surface area contributed by atoms with Gasteiger partial charge in [-0.2, -0.15) is 0 Å². The molecule has 3 heterocycles. The topological polar surface area (TPSA) is 21.7 Å². The van der Waals surface area contributed by atoms with Crippen LogP contribution in [0.25, 0.3) is 0 Å². The predicted octanol–water partition coefficient (Wildman–Crippen LogP) is 6.12. The highest BCUT2D eigenvalue weighted by Crippen LogP contribution is 2.67. The first kappa shape index (κ1) is 22.4. The van der Waals surface area contributed by atoms with Crippen LogP contribution in [0, 0.1) is 5.41 Å². The molecule has 4 heteroatoms. The number of fused-ring (bicyclic) bond motifs is 6. The Morgan fingerprint density at radius 1 is 0.538 bits per heavy atom. The highest BCUT2D eigenvalue weighted by atomic mass is 28.4. The minimum atomic E-state index is -2.61. The molecule has 0 spiro atoms. The van der Waals surface area contributed by atoms with Crippen molar-refractivity contribution >= 4 is 8.56 Å². The van der Waals surface area contributed by atoms with Crippen LogP contribution in [0.15, 0.2) is 0 Å². The third-order valence-corrected chi connectivity index (χ3v) is 14.4. The van der Waals surface area contributed by atoms with Crippen LogP contribution in [-0.4, -0.2) is 41.3 Å². The number of hydrogen-bond donors (Lipinski definition) is 0. The SMILES string of the molecule is CC1(C)O[Si]2(C)OC(C)(C)C(C)(C)N(C1(C)C)C(C)(C)C(C)(C)C2(C)C. The van der Waals surface area contributed by atoms with Crippen molar-refractivity contribution in [2.45, 2.75) is 136 Å². The second-order valence-corrected chi connectivity index (χ2v) is 16.0. The Morgan fingerprint density at radius 2 is 0.846 bits per heavy atom. The summed E-state index contributed by atoms with van der Waals surface area (Å²) in [5.41, 5.74) is -1.05. The largest absolute Gasteiger partial charge is 0.387 e. The second kappa shape index (κ2) is 5.17. The van der Waals surface area contributed by atoms with Crippen molar-refractivity contribution in [3.63, 3.8) is 0 Å². The standard InChI is InChI=1S/C22H45NO2Si/c1-16(2)17(3,4)23-18(5,6)20(9,10)24-26(15,22(16,13)14)25-21(11,12)19(23,7)8/h1-15H3. The lowest BCUT2D eigenvalue weighted by Crippen LogP contribution is -2.85. The first-order valence-corrected chi connectivity index (χ1v) is 12.6. The zero-order valence-electron chi connectivity index (χ0n) is 20.3. The fourth-order valence-electron chi connectivity index (χ4n) is 5.75. The fraction of sp³-hybridized carbons (Fsp3) is 1.00. The van der Waals surface area contributed by atoms with Gasteiger partial charge in [-0.05, 0) is 81.2 Å². The molecule has 0 amide bonds. The average molecular weight is 384 g/mol. The van der Waals surface area contributed by atoms with Gasteiger partial charge in [0, 0.05) is 21.7 Å². The molecule has 3 aliphatic heterocycles. The summed E-state index contributed by atoms with van der Waals surface area (Å²) in [5.74, 6) is 0. The van der Waals surface area contributed by atoms with Gasteiger partial charge in [0.1, 0.15) is 0 Å². The monoisotopic (exact) mass is 383 g/mol. The summed E-state index contributed by atoms with van der Waals surface area (Å²) in [6, 6.07) is 0. The van der Waals surface area contributed by atoms with Crippen molar-refractivity contribution in [1.29, 1.82) is 0 Å². The van der Waals surface area contributed by atoms with E-state index in [0.29, 0.717) is 0 Å². The van der Waals surface area contributed by atoms with Crippen molar-refractivity contribution in [2.24, 2.45) is 5.41 Å². The summed E-state index contributed by atoms with van der Waals surface area (Å²) in [5, 5.41) is -0.0801. The second-order valence-electron chi connectivity index (χ2n) is 12.4. The molecule has 3 fully saturated rings. The Bertz CT molecular complexity index is 555. The van der Waals surface area contributed by atoms with E-state index in [1.54, 1.807) is 0 Å². The summed E-state index contributed by atoms with van der Waals surface area (Å²) in [6.45, 7) is 35.3. The van der Waals surface area contributed by atoms with Crippen molar-refractivity contribution in [1.82, 2.24) is 4.90 Å². The minimum Gasteiger partial charge on any atom is -0.387 e. The Morgan fingerprint density at radius 3 is 1.15 bits per heavy atom.